The lowest BCUT2D eigenvalue weighted by Gasteiger charge is -2.14. The van der Waals surface area contributed by atoms with Crippen molar-refractivity contribution in [2.24, 2.45) is 5.73 Å². The van der Waals surface area contributed by atoms with Crippen LogP contribution in [0.4, 0.5) is 29.3 Å². The summed E-state index contributed by atoms with van der Waals surface area (Å²) in [5.74, 6) is -0.0763. The molecule has 0 spiro atoms. The van der Waals surface area contributed by atoms with E-state index in [1.54, 1.807) is 24.4 Å². The van der Waals surface area contributed by atoms with E-state index >= 15 is 0 Å². The van der Waals surface area contributed by atoms with Crippen molar-refractivity contribution in [3.8, 4) is 11.5 Å². The molecule has 1 heterocycles. The highest BCUT2D eigenvalue weighted by molar-refractivity contribution is 7.99. The summed E-state index contributed by atoms with van der Waals surface area (Å²) in [7, 11) is 1.52. The van der Waals surface area contributed by atoms with E-state index < -0.39 is 29.8 Å². The maximum Gasteiger partial charge on any atom is 0.416 e. The summed E-state index contributed by atoms with van der Waals surface area (Å²) in [5.41, 5.74) is 6.14. The second-order valence-corrected chi connectivity index (χ2v) is 10.2. The second-order valence-electron chi connectivity index (χ2n) is 9.05. The topological polar surface area (TPSA) is 136 Å². The Morgan fingerprint density at radius 2 is 1.64 bits per heavy atom. The molecule has 4 rings (SSSR count). The van der Waals surface area contributed by atoms with Crippen LogP contribution in [0.3, 0.4) is 0 Å². The first-order valence-corrected chi connectivity index (χ1v) is 13.5. The van der Waals surface area contributed by atoms with Gasteiger partial charge in [0, 0.05) is 38.8 Å². The number of aromatic nitrogens is 1. The Kier molecular flexibility index (Phi) is 9.76. The van der Waals surface area contributed by atoms with Gasteiger partial charge in [0.25, 0.3) is 0 Å². The van der Waals surface area contributed by atoms with E-state index in [4.69, 9.17) is 20.3 Å². The van der Waals surface area contributed by atoms with Crippen LogP contribution in [0.25, 0.3) is 10.9 Å². The number of fused-ring (bicyclic) bond motifs is 1. The molecule has 2 amide bonds. The number of ether oxygens (including phenoxy) is 2. The number of pyridine rings is 1. The van der Waals surface area contributed by atoms with Crippen LogP contribution in [0.2, 0.25) is 0 Å². The molecule has 4 aromatic rings. The second kappa shape index (κ2) is 13.4. The van der Waals surface area contributed by atoms with Crippen LogP contribution in [-0.2, 0) is 11.0 Å². The lowest BCUT2D eigenvalue weighted by atomic mass is 10.2. The van der Waals surface area contributed by atoms with Crippen LogP contribution in [-0.4, -0.2) is 41.8 Å². The van der Waals surface area contributed by atoms with Gasteiger partial charge in [0.05, 0.1) is 24.8 Å². The Morgan fingerprint density at radius 1 is 1.00 bits per heavy atom. The summed E-state index contributed by atoms with van der Waals surface area (Å²) in [4.78, 5) is 29.4. The van der Waals surface area contributed by atoms with Gasteiger partial charge in [0.2, 0.25) is 0 Å². The molecule has 13 heteroatoms. The van der Waals surface area contributed by atoms with Crippen molar-refractivity contribution in [1.82, 2.24) is 4.98 Å². The molecule has 9 nitrogen and oxygen atoms in total. The highest BCUT2D eigenvalue weighted by Crippen LogP contribution is 2.38. The summed E-state index contributed by atoms with van der Waals surface area (Å²) in [6, 6.07) is 15.1. The Bertz CT molecular complexity index is 1550. The van der Waals surface area contributed by atoms with E-state index in [9.17, 15) is 22.8 Å². The number of methoxy groups -OCH3 is 1. The first-order valence-electron chi connectivity index (χ1n) is 12.6. The first kappa shape index (κ1) is 30.5. The number of benzene rings is 3. The van der Waals surface area contributed by atoms with E-state index in [1.165, 1.54) is 31.0 Å². The van der Waals surface area contributed by atoms with Crippen molar-refractivity contribution >= 4 is 46.0 Å². The van der Waals surface area contributed by atoms with E-state index in [-0.39, 0.29) is 18.7 Å². The fourth-order valence-corrected chi connectivity index (χ4v) is 4.80. The number of halogens is 3. The third-order valence-corrected chi connectivity index (χ3v) is 7.12. The summed E-state index contributed by atoms with van der Waals surface area (Å²) in [6.45, 7) is 0.264. The van der Waals surface area contributed by atoms with E-state index in [2.05, 4.69) is 15.6 Å². The zero-order valence-corrected chi connectivity index (χ0v) is 23.1. The van der Waals surface area contributed by atoms with Crippen LogP contribution in [0.1, 0.15) is 18.4 Å². The quantitative estimate of drug-likeness (QED) is 0.141. The third-order valence-electron chi connectivity index (χ3n) is 6.03. The molecule has 0 saturated heterocycles. The van der Waals surface area contributed by atoms with E-state index in [0.717, 1.165) is 27.3 Å². The van der Waals surface area contributed by atoms with Gasteiger partial charge in [-0.05, 0) is 73.5 Å². The summed E-state index contributed by atoms with van der Waals surface area (Å²) < 4.78 is 49.5. The molecule has 0 aliphatic heterocycles. The standard InChI is InChI=1S/C29H27F3N4O5S/c1-40-24-15-21-23(16-25(24)41-14-2-3-22(33)27(37)38)34-13-12-26(21)42-20-10-8-19(9-11-20)36-28(39)35-18-6-4-17(5-7-18)29(30,31)32/h4-13,15-16,22H,2-3,14,33H2,1H3,(H,37,38)(H2,35,36,39). The molecule has 0 aliphatic rings. The molecule has 220 valence electrons. The monoisotopic (exact) mass is 600 g/mol. The average Bonchev–Trinajstić information content (AvgIpc) is 2.95. The number of nitrogens with two attached hydrogens (primary N) is 1. The number of urea groups is 1. The number of carboxylic acids is 1. The smallest absolute Gasteiger partial charge is 0.416 e. The van der Waals surface area contributed by atoms with Crippen molar-refractivity contribution in [1.29, 1.82) is 0 Å². The minimum absolute atomic E-state index is 0.226. The Labute approximate surface area is 243 Å². The minimum atomic E-state index is -4.45. The van der Waals surface area contributed by atoms with Gasteiger partial charge in [-0.15, -0.1) is 0 Å². The number of hydrogen-bond donors (Lipinski definition) is 4. The van der Waals surface area contributed by atoms with Crippen LogP contribution >= 0.6 is 11.8 Å². The Morgan fingerprint density at radius 3 is 2.24 bits per heavy atom. The zero-order valence-electron chi connectivity index (χ0n) is 22.3. The fourth-order valence-electron chi connectivity index (χ4n) is 3.87. The lowest BCUT2D eigenvalue weighted by Crippen LogP contribution is -2.30. The number of nitrogens with zero attached hydrogens (tertiary/aromatic N) is 1. The van der Waals surface area contributed by atoms with Gasteiger partial charge in [-0.25, -0.2) is 4.79 Å². The number of alkyl halides is 3. The number of rotatable bonds is 11. The number of carbonyl (C=O) groups excluding carboxylic acids is 1. The van der Waals surface area contributed by atoms with Crippen LogP contribution in [0.15, 0.2) is 82.7 Å². The summed E-state index contributed by atoms with van der Waals surface area (Å²) in [6.07, 6.45) is -2.04. The largest absolute Gasteiger partial charge is 0.493 e. The number of nitrogens with one attached hydrogen (secondary N) is 2. The van der Waals surface area contributed by atoms with E-state index in [0.29, 0.717) is 29.1 Å². The maximum atomic E-state index is 12.7. The van der Waals surface area contributed by atoms with Gasteiger partial charge in [0.15, 0.2) is 11.5 Å². The van der Waals surface area contributed by atoms with Crippen molar-refractivity contribution in [3.05, 3.63) is 78.5 Å². The van der Waals surface area contributed by atoms with Gasteiger partial charge in [-0.1, -0.05) is 11.8 Å². The lowest BCUT2D eigenvalue weighted by molar-refractivity contribution is -0.139. The van der Waals surface area contributed by atoms with Gasteiger partial charge >= 0.3 is 18.2 Å². The van der Waals surface area contributed by atoms with Gasteiger partial charge in [-0.3, -0.25) is 9.78 Å². The van der Waals surface area contributed by atoms with Crippen molar-refractivity contribution in [2.45, 2.75) is 34.9 Å². The first-order chi connectivity index (χ1) is 20.0. The molecule has 1 unspecified atom stereocenters. The van der Waals surface area contributed by atoms with E-state index in [1.807, 2.05) is 24.3 Å². The zero-order chi connectivity index (χ0) is 30.3. The molecule has 0 bridgehead atoms. The predicted octanol–water partition coefficient (Wildman–Crippen LogP) is 6.63. The number of carbonyl (C=O) groups is 2. The maximum absolute atomic E-state index is 12.7. The molecule has 0 saturated carbocycles. The van der Waals surface area contributed by atoms with Gasteiger partial charge in [-0.2, -0.15) is 13.2 Å². The van der Waals surface area contributed by atoms with Crippen LogP contribution in [0.5, 0.6) is 11.5 Å². The minimum Gasteiger partial charge on any atom is -0.493 e. The highest BCUT2D eigenvalue weighted by atomic mass is 32.2. The number of hydrogen-bond acceptors (Lipinski definition) is 7. The molecule has 0 aliphatic carbocycles. The number of aliphatic carboxylic acids is 1. The fraction of sp³-hybridized carbons (Fsp3) is 0.207. The molecule has 0 fully saturated rings. The molecule has 5 N–H and O–H groups in total. The molecule has 1 atom stereocenters. The number of anilines is 2. The van der Waals surface area contributed by atoms with Crippen LogP contribution in [0, 0.1) is 0 Å². The SMILES string of the molecule is COc1cc2c(Sc3ccc(NC(=O)Nc4ccc(C(F)(F)F)cc4)cc3)ccnc2cc1OCCCC(N)C(=O)O. The summed E-state index contributed by atoms with van der Waals surface area (Å²) in [5, 5.41) is 14.9. The number of carboxylic acid groups (broad SMARTS) is 1. The van der Waals surface area contributed by atoms with Gasteiger partial charge in [0.1, 0.15) is 6.04 Å². The normalized spacial score (nSPS) is 12.0. The van der Waals surface area contributed by atoms with Gasteiger partial charge < -0.3 is 30.9 Å². The van der Waals surface area contributed by atoms with Crippen LogP contribution < -0.4 is 25.8 Å². The highest BCUT2D eigenvalue weighted by Gasteiger charge is 2.30. The molecular weight excluding hydrogens is 573 g/mol. The molecular formula is C29H27F3N4O5S. The van der Waals surface area contributed by atoms with Crippen molar-refractivity contribution in [3.63, 3.8) is 0 Å². The van der Waals surface area contributed by atoms with Crippen molar-refractivity contribution < 1.29 is 37.3 Å². The molecule has 42 heavy (non-hydrogen) atoms. The third kappa shape index (κ3) is 8.04. The van der Waals surface area contributed by atoms with Crippen molar-refractivity contribution in [2.75, 3.05) is 24.4 Å². The molecule has 3 aromatic carbocycles. The summed E-state index contributed by atoms with van der Waals surface area (Å²) >= 11 is 1.48. The molecule has 0 radical (unpaired) electrons. The average molecular weight is 601 g/mol. The number of amides is 2. The molecule has 1 aromatic heterocycles. The Hall–Kier alpha value is -4.49. The predicted molar refractivity (Wildman–Crippen MR) is 153 cm³/mol. The Balaban J connectivity index is 1.39.